The number of amidine groups is 2. The molecule has 0 radical (unpaired) electrons. The number of nitrogens with one attached hydrogen (secondary N) is 1. The minimum Gasteiger partial charge on any atom is -0.324 e. The predicted octanol–water partition coefficient (Wildman–Crippen LogP) is 7.62. The molecule has 3 nitrogen and oxygen atoms in total. The summed E-state index contributed by atoms with van der Waals surface area (Å²) in [6.07, 6.45) is 0. The van der Waals surface area contributed by atoms with E-state index in [1.807, 2.05) is 12.1 Å². The van der Waals surface area contributed by atoms with E-state index in [0.717, 1.165) is 33.6 Å². The molecule has 0 fully saturated rings. The number of rotatable bonds is 2. The van der Waals surface area contributed by atoms with Crippen molar-refractivity contribution in [3.63, 3.8) is 0 Å². The van der Waals surface area contributed by atoms with Gasteiger partial charge in [-0.15, -0.1) is 0 Å². The van der Waals surface area contributed by atoms with Gasteiger partial charge in [-0.25, -0.2) is 9.98 Å². The average Bonchev–Trinajstić information content (AvgIpc) is 2.91. The lowest BCUT2D eigenvalue weighted by Crippen LogP contribution is -2.36. The fourth-order valence-corrected chi connectivity index (χ4v) is 5.23. The second kappa shape index (κ2) is 7.93. The summed E-state index contributed by atoms with van der Waals surface area (Å²) in [6.45, 7) is 0. The van der Waals surface area contributed by atoms with Crippen LogP contribution in [0, 0.1) is 0 Å². The molecule has 1 N–H and O–H groups in total. The van der Waals surface area contributed by atoms with E-state index < -0.39 is 5.62 Å². The van der Waals surface area contributed by atoms with Crippen molar-refractivity contribution in [3.05, 3.63) is 120 Å². The number of nitrogens with zero attached hydrogens (tertiary/aromatic N) is 2. The van der Waals surface area contributed by atoms with Gasteiger partial charge < -0.3 is 5.32 Å². The Morgan fingerprint density at radius 2 is 1.06 bits per heavy atom. The summed E-state index contributed by atoms with van der Waals surface area (Å²) in [7, 11) is 0. The maximum atomic E-state index is 6.47. The van der Waals surface area contributed by atoms with E-state index in [2.05, 4.69) is 112 Å². The minimum absolute atomic E-state index is 0.677. The number of fused-ring (bicyclic) bond motifs is 6. The molecule has 35 heavy (non-hydrogen) atoms. The Labute approximate surface area is 207 Å². The molecule has 6 aromatic rings. The molecule has 0 amide bonds. The van der Waals surface area contributed by atoms with E-state index in [1.54, 1.807) is 0 Å². The fraction of sp³-hybridized carbons (Fsp3) is 0.0323. The summed E-state index contributed by atoms with van der Waals surface area (Å²) >= 11 is 6.47. The number of hydrogen-bond acceptors (Lipinski definition) is 3. The topological polar surface area (TPSA) is 36.8 Å². The van der Waals surface area contributed by atoms with Crippen LogP contribution in [-0.4, -0.2) is 17.3 Å². The van der Waals surface area contributed by atoms with Gasteiger partial charge in [0.2, 0.25) is 5.62 Å². The number of benzene rings is 6. The van der Waals surface area contributed by atoms with E-state index in [4.69, 9.17) is 11.6 Å². The molecule has 1 aliphatic heterocycles. The smallest absolute Gasteiger partial charge is 0.219 e. The first-order valence-corrected chi connectivity index (χ1v) is 12.1. The summed E-state index contributed by atoms with van der Waals surface area (Å²) in [4.78, 5) is 9.15. The standard InChI is InChI=1S/C31H20ClN3/c32-31-34-29(24-14-9-19-5-1-2-7-22(19)17-24)33-30(35-31)25-15-16-27-23(18-25)13-12-21-11-10-20-6-3-4-8-26(20)28(21)27/h1-18,31H,(H,33,34,35). The van der Waals surface area contributed by atoms with Gasteiger partial charge in [0.15, 0.2) is 0 Å². The van der Waals surface area contributed by atoms with Crippen LogP contribution in [0.3, 0.4) is 0 Å². The first kappa shape index (κ1) is 20.2. The Balaban J connectivity index is 1.31. The van der Waals surface area contributed by atoms with Crippen LogP contribution in [0.1, 0.15) is 11.1 Å². The third-order valence-electron chi connectivity index (χ3n) is 6.73. The molecular weight excluding hydrogens is 450 g/mol. The third kappa shape index (κ3) is 3.44. The third-order valence-corrected chi connectivity index (χ3v) is 6.92. The SMILES string of the molecule is ClC1N=C(c2ccc3ccccc3c2)NC(c2ccc3c(ccc4ccc5ccccc5c43)c2)=N1. The molecular formula is C31H20ClN3. The molecule has 6 aromatic carbocycles. The highest BCUT2D eigenvalue weighted by atomic mass is 35.5. The summed E-state index contributed by atoms with van der Waals surface area (Å²) in [5, 5.41) is 13.2. The maximum Gasteiger partial charge on any atom is 0.219 e. The van der Waals surface area contributed by atoms with Gasteiger partial charge in [0, 0.05) is 11.1 Å². The number of alkyl halides is 1. The first-order chi connectivity index (χ1) is 17.2. The van der Waals surface area contributed by atoms with Crippen LogP contribution < -0.4 is 5.32 Å². The maximum absolute atomic E-state index is 6.47. The minimum atomic E-state index is -0.677. The Kier molecular flexibility index (Phi) is 4.58. The average molecular weight is 470 g/mol. The Bertz CT molecular complexity index is 1850. The van der Waals surface area contributed by atoms with Gasteiger partial charge in [-0.3, -0.25) is 0 Å². The van der Waals surface area contributed by atoms with E-state index in [-0.39, 0.29) is 0 Å². The van der Waals surface area contributed by atoms with Crippen molar-refractivity contribution < 1.29 is 0 Å². The Morgan fingerprint density at radius 3 is 1.86 bits per heavy atom. The molecule has 1 atom stereocenters. The summed E-state index contributed by atoms with van der Waals surface area (Å²) in [5.41, 5.74) is 1.29. The van der Waals surface area contributed by atoms with Gasteiger partial charge >= 0.3 is 0 Å². The molecule has 166 valence electrons. The van der Waals surface area contributed by atoms with E-state index in [1.165, 1.54) is 32.3 Å². The van der Waals surface area contributed by atoms with Gasteiger partial charge in [-0.1, -0.05) is 109 Å². The lowest BCUT2D eigenvalue weighted by Gasteiger charge is -2.20. The van der Waals surface area contributed by atoms with Crippen LogP contribution in [0.15, 0.2) is 119 Å². The number of aliphatic imine (C=N–C) groups is 2. The fourth-order valence-electron chi connectivity index (χ4n) is 5.03. The molecule has 7 rings (SSSR count). The van der Waals surface area contributed by atoms with E-state index >= 15 is 0 Å². The lowest BCUT2D eigenvalue weighted by atomic mass is 9.95. The second-order valence-corrected chi connectivity index (χ2v) is 9.23. The summed E-state index contributed by atoms with van der Waals surface area (Å²) in [5.74, 6) is 1.45. The highest BCUT2D eigenvalue weighted by Gasteiger charge is 2.18. The van der Waals surface area contributed by atoms with Gasteiger partial charge in [0.25, 0.3) is 0 Å². The van der Waals surface area contributed by atoms with Gasteiger partial charge in [0.1, 0.15) is 11.7 Å². The van der Waals surface area contributed by atoms with Crippen molar-refractivity contribution in [2.45, 2.75) is 5.62 Å². The molecule has 4 heteroatoms. The van der Waals surface area contributed by atoms with Crippen molar-refractivity contribution in [3.8, 4) is 0 Å². The Hall–Kier alpha value is -4.21. The van der Waals surface area contributed by atoms with Gasteiger partial charge in [0.05, 0.1) is 0 Å². The van der Waals surface area contributed by atoms with Crippen LogP contribution in [0.5, 0.6) is 0 Å². The molecule has 0 spiro atoms. The van der Waals surface area contributed by atoms with Gasteiger partial charge in [-0.2, -0.15) is 0 Å². The predicted molar refractivity (Wildman–Crippen MR) is 149 cm³/mol. The van der Waals surface area contributed by atoms with Gasteiger partial charge in [-0.05, 0) is 55.2 Å². The number of halogens is 1. The molecule has 0 aliphatic carbocycles. The van der Waals surface area contributed by atoms with Crippen LogP contribution >= 0.6 is 11.6 Å². The first-order valence-electron chi connectivity index (χ1n) is 11.6. The lowest BCUT2D eigenvalue weighted by molar-refractivity contribution is 0.927. The summed E-state index contributed by atoms with van der Waals surface area (Å²) in [6, 6.07) is 38.4. The monoisotopic (exact) mass is 469 g/mol. The van der Waals surface area contributed by atoms with Crippen molar-refractivity contribution >= 4 is 66.4 Å². The molecule has 1 aliphatic rings. The molecule has 1 heterocycles. The van der Waals surface area contributed by atoms with Crippen molar-refractivity contribution in [1.82, 2.24) is 5.32 Å². The normalized spacial score (nSPS) is 15.9. The highest BCUT2D eigenvalue weighted by Crippen LogP contribution is 2.32. The van der Waals surface area contributed by atoms with Crippen molar-refractivity contribution in [2.24, 2.45) is 9.98 Å². The van der Waals surface area contributed by atoms with Crippen LogP contribution in [-0.2, 0) is 0 Å². The van der Waals surface area contributed by atoms with Crippen molar-refractivity contribution in [1.29, 1.82) is 0 Å². The summed E-state index contributed by atoms with van der Waals surface area (Å²) < 4.78 is 0. The second-order valence-electron chi connectivity index (χ2n) is 8.84. The Morgan fingerprint density at radius 1 is 0.514 bits per heavy atom. The zero-order valence-electron chi connectivity index (χ0n) is 18.7. The molecule has 0 saturated carbocycles. The van der Waals surface area contributed by atoms with Crippen LogP contribution in [0.4, 0.5) is 0 Å². The molecule has 0 bridgehead atoms. The molecule has 0 aromatic heterocycles. The molecule has 1 unspecified atom stereocenters. The van der Waals surface area contributed by atoms with Crippen LogP contribution in [0.2, 0.25) is 0 Å². The molecule has 0 saturated heterocycles. The van der Waals surface area contributed by atoms with Crippen LogP contribution in [0.25, 0.3) is 43.1 Å². The van der Waals surface area contributed by atoms with Crippen molar-refractivity contribution in [2.75, 3.05) is 0 Å². The zero-order valence-corrected chi connectivity index (χ0v) is 19.5. The zero-order chi connectivity index (χ0) is 23.4. The number of hydrogen-bond donors (Lipinski definition) is 1. The largest absolute Gasteiger partial charge is 0.324 e. The quantitative estimate of drug-likeness (QED) is 0.158. The highest BCUT2D eigenvalue weighted by molar-refractivity contribution is 6.26. The van der Waals surface area contributed by atoms with E-state index in [0.29, 0.717) is 0 Å². The van der Waals surface area contributed by atoms with E-state index in [9.17, 15) is 0 Å².